The minimum Gasteiger partial charge on any atom is -0.493 e. The topological polar surface area (TPSA) is 63.6 Å². The number of rotatable bonds is 3. The summed E-state index contributed by atoms with van der Waals surface area (Å²) in [6.45, 7) is 2.34. The van der Waals surface area contributed by atoms with Gasteiger partial charge in [-0.05, 0) is 19.4 Å². The monoisotopic (exact) mass is 256 g/mol. The van der Waals surface area contributed by atoms with Crippen molar-refractivity contribution in [3.63, 3.8) is 0 Å². The molecule has 4 nitrogen and oxygen atoms in total. The van der Waals surface area contributed by atoms with E-state index in [2.05, 4.69) is 0 Å². The second-order valence-corrected chi connectivity index (χ2v) is 6.49. The normalized spacial score (nSPS) is 26.9. The molecule has 1 atom stereocenters. The van der Waals surface area contributed by atoms with Gasteiger partial charge in [-0.1, -0.05) is 18.2 Å². The number of para-hydroxylation sites is 1. The Morgan fingerprint density at radius 2 is 2.12 bits per heavy atom. The van der Waals surface area contributed by atoms with Gasteiger partial charge < -0.3 is 9.84 Å². The molecule has 2 rings (SSSR count). The molecule has 0 spiro atoms. The number of hydrogen-bond acceptors (Lipinski definition) is 4. The molecule has 17 heavy (non-hydrogen) atoms. The Bertz CT molecular complexity index is 509. The van der Waals surface area contributed by atoms with Crippen molar-refractivity contribution in [3.05, 3.63) is 29.8 Å². The maximum Gasteiger partial charge on any atom is 0.153 e. The van der Waals surface area contributed by atoms with Gasteiger partial charge in [0.1, 0.15) is 11.4 Å². The predicted octanol–water partition coefficient (Wildman–Crippen LogP) is 1.09. The molecule has 1 saturated heterocycles. The second kappa shape index (κ2) is 4.31. The van der Waals surface area contributed by atoms with Crippen LogP contribution in [-0.2, 0) is 15.4 Å². The van der Waals surface area contributed by atoms with E-state index in [0.717, 1.165) is 0 Å². The zero-order valence-corrected chi connectivity index (χ0v) is 10.5. The van der Waals surface area contributed by atoms with Crippen LogP contribution in [0.4, 0.5) is 0 Å². The lowest BCUT2D eigenvalue weighted by atomic mass is 9.92. The van der Waals surface area contributed by atoms with Crippen molar-refractivity contribution in [2.75, 3.05) is 18.1 Å². The van der Waals surface area contributed by atoms with Crippen molar-refractivity contribution in [1.82, 2.24) is 0 Å². The molecule has 1 aliphatic rings. The van der Waals surface area contributed by atoms with Crippen LogP contribution in [0.25, 0.3) is 0 Å². The Morgan fingerprint density at radius 1 is 1.41 bits per heavy atom. The van der Waals surface area contributed by atoms with E-state index in [4.69, 9.17) is 4.74 Å². The lowest BCUT2D eigenvalue weighted by Gasteiger charge is -2.23. The Balaban J connectivity index is 2.40. The van der Waals surface area contributed by atoms with Gasteiger partial charge in [0, 0.05) is 5.56 Å². The number of aliphatic hydroxyl groups is 1. The first-order valence-electron chi connectivity index (χ1n) is 5.62. The predicted molar refractivity (Wildman–Crippen MR) is 64.8 cm³/mol. The van der Waals surface area contributed by atoms with Gasteiger partial charge in [-0.2, -0.15) is 0 Å². The number of ether oxygens (including phenoxy) is 1. The number of benzene rings is 1. The largest absolute Gasteiger partial charge is 0.493 e. The molecule has 0 aromatic heterocycles. The van der Waals surface area contributed by atoms with Crippen molar-refractivity contribution in [2.24, 2.45) is 0 Å². The zero-order chi connectivity index (χ0) is 12.5. The van der Waals surface area contributed by atoms with Crippen LogP contribution in [-0.4, -0.2) is 31.6 Å². The van der Waals surface area contributed by atoms with Crippen LogP contribution < -0.4 is 4.74 Å². The Labute approximate surface area is 101 Å². The lowest BCUT2D eigenvalue weighted by Crippen LogP contribution is -2.27. The molecule has 1 unspecified atom stereocenters. The molecule has 0 saturated carbocycles. The molecule has 1 heterocycles. The third-order valence-electron chi connectivity index (χ3n) is 2.97. The fraction of sp³-hybridized carbons (Fsp3) is 0.500. The average Bonchev–Trinajstić information content (AvgIpc) is 2.55. The molecule has 1 N–H and O–H groups in total. The van der Waals surface area contributed by atoms with E-state index in [1.54, 1.807) is 24.3 Å². The maximum absolute atomic E-state index is 11.5. The van der Waals surface area contributed by atoms with Crippen molar-refractivity contribution >= 4 is 9.84 Å². The molecule has 0 aliphatic carbocycles. The minimum absolute atomic E-state index is 0.0317. The van der Waals surface area contributed by atoms with Gasteiger partial charge >= 0.3 is 0 Å². The van der Waals surface area contributed by atoms with E-state index in [9.17, 15) is 13.5 Å². The fourth-order valence-electron chi connectivity index (χ4n) is 2.18. The summed E-state index contributed by atoms with van der Waals surface area (Å²) < 4.78 is 28.4. The summed E-state index contributed by atoms with van der Waals surface area (Å²) in [5, 5.41) is 10.4. The van der Waals surface area contributed by atoms with Crippen LogP contribution in [0.5, 0.6) is 5.75 Å². The van der Waals surface area contributed by atoms with E-state index in [0.29, 0.717) is 17.9 Å². The average molecular weight is 256 g/mol. The van der Waals surface area contributed by atoms with Crippen molar-refractivity contribution in [3.8, 4) is 5.75 Å². The molecule has 1 aliphatic heterocycles. The number of sulfone groups is 1. The molecular weight excluding hydrogens is 240 g/mol. The summed E-state index contributed by atoms with van der Waals surface area (Å²) in [6.07, 6.45) is 0.236. The number of hydrogen-bond donors (Lipinski definition) is 1. The highest BCUT2D eigenvalue weighted by Crippen LogP contribution is 2.38. The van der Waals surface area contributed by atoms with E-state index in [-0.39, 0.29) is 17.9 Å². The van der Waals surface area contributed by atoms with Crippen LogP contribution in [0, 0.1) is 0 Å². The molecule has 1 aromatic carbocycles. The van der Waals surface area contributed by atoms with Gasteiger partial charge in [0.15, 0.2) is 9.84 Å². The summed E-state index contributed by atoms with van der Waals surface area (Å²) >= 11 is 0. The van der Waals surface area contributed by atoms with Crippen molar-refractivity contribution in [2.45, 2.75) is 18.9 Å². The van der Waals surface area contributed by atoms with Gasteiger partial charge in [-0.25, -0.2) is 8.42 Å². The summed E-state index contributed by atoms with van der Waals surface area (Å²) in [5.74, 6) is 0.378. The van der Waals surface area contributed by atoms with Crippen molar-refractivity contribution < 1.29 is 18.3 Å². The Hall–Kier alpha value is -1.07. The van der Waals surface area contributed by atoms with Gasteiger partial charge in [0.2, 0.25) is 0 Å². The van der Waals surface area contributed by atoms with Gasteiger partial charge in [-0.3, -0.25) is 0 Å². The first-order valence-corrected chi connectivity index (χ1v) is 7.44. The quantitative estimate of drug-likeness (QED) is 0.879. The third-order valence-corrected chi connectivity index (χ3v) is 4.72. The van der Waals surface area contributed by atoms with E-state index < -0.39 is 15.4 Å². The molecule has 1 fully saturated rings. The minimum atomic E-state index is -3.14. The Morgan fingerprint density at radius 3 is 2.71 bits per heavy atom. The van der Waals surface area contributed by atoms with E-state index in [1.165, 1.54) is 0 Å². The molecule has 0 amide bonds. The molecule has 1 aromatic rings. The van der Waals surface area contributed by atoms with Crippen LogP contribution >= 0.6 is 0 Å². The maximum atomic E-state index is 11.5. The standard InChI is InChI=1S/C12H16O4S/c1-2-16-11-6-4-3-5-10(11)12(13)7-8-17(14,15)9-12/h3-6,13H,2,7-9H2,1H3. The van der Waals surface area contributed by atoms with Crippen LogP contribution in [0.15, 0.2) is 24.3 Å². The molecule has 5 heteroatoms. The van der Waals surface area contributed by atoms with Gasteiger partial charge in [-0.15, -0.1) is 0 Å². The summed E-state index contributed by atoms with van der Waals surface area (Å²) in [5.41, 5.74) is -0.729. The summed E-state index contributed by atoms with van der Waals surface area (Å²) in [4.78, 5) is 0. The molecule has 0 radical (unpaired) electrons. The third kappa shape index (κ3) is 2.45. The first-order chi connectivity index (χ1) is 7.97. The van der Waals surface area contributed by atoms with Crippen molar-refractivity contribution in [1.29, 1.82) is 0 Å². The SMILES string of the molecule is CCOc1ccccc1C1(O)CCS(=O)(=O)C1. The molecular formula is C12H16O4S. The van der Waals surface area contributed by atoms with E-state index >= 15 is 0 Å². The molecule has 94 valence electrons. The van der Waals surface area contributed by atoms with Crippen LogP contribution in [0.3, 0.4) is 0 Å². The van der Waals surface area contributed by atoms with Gasteiger partial charge in [0.25, 0.3) is 0 Å². The highest BCUT2D eigenvalue weighted by Gasteiger charge is 2.43. The summed E-state index contributed by atoms with van der Waals surface area (Å²) in [7, 11) is -3.14. The van der Waals surface area contributed by atoms with E-state index in [1.807, 2.05) is 6.92 Å². The highest BCUT2D eigenvalue weighted by molar-refractivity contribution is 7.91. The van der Waals surface area contributed by atoms with Crippen LogP contribution in [0.1, 0.15) is 18.9 Å². The fourth-order valence-corrected chi connectivity index (χ4v) is 4.00. The second-order valence-electron chi connectivity index (χ2n) is 4.30. The first kappa shape index (κ1) is 12.4. The van der Waals surface area contributed by atoms with Crippen LogP contribution in [0.2, 0.25) is 0 Å². The smallest absolute Gasteiger partial charge is 0.153 e. The zero-order valence-electron chi connectivity index (χ0n) is 9.72. The molecule has 0 bridgehead atoms. The highest BCUT2D eigenvalue weighted by atomic mass is 32.2. The van der Waals surface area contributed by atoms with Gasteiger partial charge in [0.05, 0.1) is 18.1 Å². The Kier molecular flexibility index (Phi) is 3.14. The lowest BCUT2D eigenvalue weighted by molar-refractivity contribution is 0.0619. The summed E-state index contributed by atoms with van der Waals surface area (Å²) in [6, 6.07) is 7.07.